The highest BCUT2D eigenvalue weighted by atomic mass is 16.4. The first-order chi connectivity index (χ1) is 10.1. The van der Waals surface area contributed by atoms with Gasteiger partial charge in [0, 0.05) is 5.69 Å². The normalized spacial score (nSPS) is 10.5. The number of carboxylic acid groups (broad SMARTS) is 1. The molecule has 0 spiro atoms. The zero-order valence-electron chi connectivity index (χ0n) is 10.8. The Bertz CT molecular complexity index is 816. The highest BCUT2D eigenvalue weighted by Gasteiger charge is 2.15. The zero-order chi connectivity index (χ0) is 14.8. The average molecular weight is 281 g/mol. The van der Waals surface area contributed by atoms with Crippen LogP contribution in [0.5, 0.6) is 5.75 Å². The number of anilines is 2. The lowest BCUT2D eigenvalue weighted by Gasteiger charge is -2.09. The second-order valence-corrected chi connectivity index (χ2v) is 4.39. The van der Waals surface area contributed by atoms with E-state index in [0.717, 1.165) is 0 Å². The quantitative estimate of drug-likeness (QED) is 0.639. The fourth-order valence-corrected chi connectivity index (χ4v) is 1.92. The molecule has 21 heavy (non-hydrogen) atoms. The Hall–Kier alpha value is -3.15. The Morgan fingerprint density at radius 1 is 0.952 bits per heavy atom. The minimum absolute atomic E-state index is 0.128. The highest BCUT2D eigenvalue weighted by Crippen LogP contribution is 2.22. The predicted molar refractivity (Wildman–Crippen MR) is 77.9 cm³/mol. The van der Waals surface area contributed by atoms with Crippen molar-refractivity contribution in [3.05, 3.63) is 54.2 Å². The number of phenolic OH excluding ortho intramolecular Hbond substituents is 1. The maximum Gasteiger partial charge on any atom is 0.358 e. The first-order valence-corrected chi connectivity index (χ1v) is 6.19. The summed E-state index contributed by atoms with van der Waals surface area (Å²) in [5.41, 5.74) is 1.58. The van der Waals surface area contributed by atoms with E-state index in [-0.39, 0.29) is 17.3 Å². The van der Waals surface area contributed by atoms with Gasteiger partial charge in [-0.1, -0.05) is 12.1 Å². The number of hydrogen-bond acceptors (Lipinski definition) is 5. The molecule has 0 aliphatic carbocycles. The van der Waals surface area contributed by atoms with Crippen LogP contribution in [0.15, 0.2) is 48.5 Å². The van der Waals surface area contributed by atoms with Crippen LogP contribution >= 0.6 is 0 Å². The van der Waals surface area contributed by atoms with Crippen molar-refractivity contribution in [2.75, 3.05) is 5.32 Å². The number of carboxylic acids is 1. The molecule has 0 aliphatic rings. The molecule has 2 aromatic carbocycles. The summed E-state index contributed by atoms with van der Waals surface area (Å²) in [7, 11) is 0. The fraction of sp³-hybridized carbons (Fsp3) is 0. The lowest BCUT2D eigenvalue weighted by molar-refractivity contribution is 0.0692. The van der Waals surface area contributed by atoms with Crippen molar-refractivity contribution in [2.45, 2.75) is 0 Å². The van der Waals surface area contributed by atoms with E-state index in [9.17, 15) is 15.0 Å². The average Bonchev–Trinajstić information content (AvgIpc) is 2.48. The molecule has 0 radical (unpaired) electrons. The highest BCUT2D eigenvalue weighted by molar-refractivity contribution is 5.94. The molecule has 6 heteroatoms. The number of fused-ring (bicyclic) bond motifs is 1. The Morgan fingerprint density at radius 2 is 1.57 bits per heavy atom. The van der Waals surface area contributed by atoms with Crippen molar-refractivity contribution in [3.63, 3.8) is 0 Å². The van der Waals surface area contributed by atoms with Crippen LogP contribution in [0.3, 0.4) is 0 Å². The van der Waals surface area contributed by atoms with E-state index >= 15 is 0 Å². The molecule has 0 atom stereocenters. The number of benzene rings is 2. The maximum absolute atomic E-state index is 11.3. The van der Waals surface area contributed by atoms with Crippen molar-refractivity contribution in [1.29, 1.82) is 0 Å². The number of hydrogen-bond donors (Lipinski definition) is 3. The largest absolute Gasteiger partial charge is 0.508 e. The van der Waals surface area contributed by atoms with Gasteiger partial charge in [-0.25, -0.2) is 14.8 Å². The number of nitrogens with zero attached hydrogens (tertiary/aromatic N) is 2. The minimum Gasteiger partial charge on any atom is -0.508 e. The summed E-state index contributed by atoms with van der Waals surface area (Å²) in [6.07, 6.45) is 0. The van der Waals surface area contributed by atoms with E-state index < -0.39 is 5.97 Å². The van der Waals surface area contributed by atoms with Crippen LogP contribution in [0, 0.1) is 0 Å². The van der Waals surface area contributed by atoms with Crippen LogP contribution in [-0.4, -0.2) is 26.2 Å². The van der Waals surface area contributed by atoms with Crippen molar-refractivity contribution in [2.24, 2.45) is 0 Å². The van der Waals surface area contributed by atoms with Gasteiger partial charge in [0.2, 0.25) is 0 Å². The molecule has 104 valence electrons. The van der Waals surface area contributed by atoms with Gasteiger partial charge in [0.1, 0.15) is 5.75 Å². The molecule has 0 saturated heterocycles. The van der Waals surface area contributed by atoms with E-state index in [1.165, 1.54) is 12.1 Å². The molecule has 3 aromatic rings. The number of aromatic carboxylic acids is 1. The Morgan fingerprint density at radius 3 is 2.19 bits per heavy atom. The van der Waals surface area contributed by atoms with Crippen LogP contribution in [-0.2, 0) is 0 Å². The van der Waals surface area contributed by atoms with Crippen LogP contribution in [0.25, 0.3) is 11.0 Å². The number of nitrogens with one attached hydrogen (secondary N) is 1. The molecular weight excluding hydrogens is 270 g/mol. The van der Waals surface area contributed by atoms with Gasteiger partial charge in [0.15, 0.2) is 11.5 Å². The monoisotopic (exact) mass is 281 g/mol. The fourth-order valence-electron chi connectivity index (χ4n) is 1.92. The lowest BCUT2D eigenvalue weighted by Crippen LogP contribution is -2.08. The molecule has 1 aromatic heterocycles. The van der Waals surface area contributed by atoms with Gasteiger partial charge in [-0.15, -0.1) is 0 Å². The van der Waals surface area contributed by atoms with Crippen molar-refractivity contribution >= 4 is 28.5 Å². The Balaban J connectivity index is 2.09. The Kier molecular flexibility index (Phi) is 3.12. The van der Waals surface area contributed by atoms with Crippen LogP contribution < -0.4 is 5.32 Å². The van der Waals surface area contributed by atoms with E-state index in [4.69, 9.17) is 0 Å². The molecule has 1 heterocycles. The SMILES string of the molecule is O=C(O)c1nc2ccccc2nc1Nc1ccc(O)cc1. The topological polar surface area (TPSA) is 95.3 Å². The zero-order valence-corrected chi connectivity index (χ0v) is 10.8. The van der Waals surface area contributed by atoms with Gasteiger partial charge in [-0.05, 0) is 36.4 Å². The standard InChI is InChI=1S/C15H11N3O3/c19-10-7-5-9(6-8-10)16-14-13(15(20)21)17-11-3-1-2-4-12(11)18-14/h1-8,19H,(H,16,18)(H,20,21). The van der Waals surface area contributed by atoms with Gasteiger partial charge < -0.3 is 15.5 Å². The van der Waals surface area contributed by atoms with Crippen LogP contribution in [0.4, 0.5) is 11.5 Å². The summed E-state index contributed by atoms with van der Waals surface area (Å²) in [5, 5.41) is 21.4. The van der Waals surface area contributed by atoms with E-state index in [0.29, 0.717) is 16.7 Å². The summed E-state index contributed by atoms with van der Waals surface area (Å²) in [5.74, 6) is -0.870. The van der Waals surface area contributed by atoms with Crippen molar-refractivity contribution < 1.29 is 15.0 Å². The first-order valence-electron chi connectivity index (χ1n) is 6.19. The van der Waals surface area contributed by atoms with E-state index in [1.54, 1.807) is 30.3 Å². The number of carbonyl (C=O) groups is 1. The summed E-state index contributed by atoms with van der Waals surface area (Å²) in [6.45, 7) is 0. The second kappa shape index (κ2) is 5.09. The third kappa shape index (κ3) is 2.59. The van der Waals surface area contributed by atoms with Crippen molar-refractivity contribution in [3.8, 4) is 5.75 Å². The van der Waals surface area contributed by atoms with Crippen LogP contribution in [0.1, 0.15) is 10.5 Å². The number of para-hydroxylation sites is 2. The summed E-state index contributed by atoms with van der Waals surface area (Å²) >= 11 is 0. The van der Waals surface area contributed by atoms with E-state index in [2.05, 4.69) is 15.3 Å². The molecule has 3 rings (SSSR count). The second-order valence-electron chi connectivity index (χ2n) is 4.39. The van der Waals surface area contributed by atoms with Crippen LogP contribution in [0.2, 0.25) is 0 Å². The molecular formula is C15H11N3O3. The van der Waals surface area contributed by atoms with Gasteiger partial charge in [-0.3, -0.25) is 0 Å². The molecule has 0 aliphatic heterocycles. The third-order valence-corrected chi connectivity index (χ3v) is 2.90. The first kappa shape index (κ1) is 12.9. The maximum atomic E-state index is 11.3. The molecule has 0 saturated carbocycles. The summed E-state index contributed by atoms with van der Waals surface area (Å²) in [6, 6.07) is 13.3. The molecule has 3 N–H and O–H groups in total. The molecule has 0 bridgehead atoms. The lowest BCUT2D eigenvalue weighted by atomic mass is 10.2. The van der Waals surface area contributed by atoms with Gasteiger partial charge in [0.25, 0.3) is 0 Å². The van der Waals surface area contributed by atoms with E-state index in [1.807, 2.05) is 6.07 Å². The Labute approximate surface area is 119 Å². The van der Waals surface area contributed by atoms with Gasteiger partial charge in [0.05, 0.1) is 11.0 Å². The predicted octanol–water partition coefficient (Wildman–Crippen LogP) is 2.78. The van der Waals surface area contributed by atoms with Gasteiger partial charge in [-0.2, -0.15) is 0 Å². The van der Waals surface area contributed by atoms with Crippen molar-refractivity contribution in [1.82, 2.24) is 9.97 Å². The number of rotatable bonds is 3. The molecule has 0 unspecified atom stereocenters. The molecule has 0 fully saturated rings. The van der Waals surface area contributed by atoms with Gasteiger partial charge >= 0.3 is 5.97 Å². The smallest absolute Gasteiger partial charge is 0.358 e. The molecule has 0 amide bonds. The number of aromatic nitrogens is 2. The minimum atomic E-state index is -1.16. The molecule has 6 nitrogen and oxygen atoms in total. The number of aromatic hydroxyl groups is 1. The summed E-state index contributed by atoms with van der Waals surface area (Å²) < 4.78 is 0. The summed E-state index contributed by atoms with van der Waals surface area (Å²) in [4.78, 5) is 19.7. The number of phenols is 1. The third-order valence-electron chi connectivity index (χ3n) is 2.90.